The highest BCUT2D eigenvalue weighted by molar-refractivity contribution is 4.94. The van der Waals surface area contributed by atoms with Gasteiger partial charge >= 0.3 is 0 Å². The van der Waals surface area contributed by atoms with E-state index >= 15 is 0 Å². The Morgan fingerprint density at radius 1 is 0.814 bits per heavy atom. The fourth-order valence-electron chi connectivity index (χ4n) is 7.97. The minimum absolute atomic E-state index is 0.0195. The SMILES string of the molecule is CC.CCCC1C(COCC)[C@H](C(C)C(O)C(O)C(C)[C@@H]2CC[C@@H](C)CC2CO[C@](C)(O)CCC)CC[C@H]1C.CCON. The molecule has 12 atom stereocenters. The van der Waals surface area contributed by atoms with E-state index in [1.54, 1.807) is 6.92 Å². The van der Waals surface area contributed by atoms with E-state index in [2.05, 4.69) is 59.2 Å². The quantitative estimate of drug-likeness (QED) is 0.104. The molecule has 0 aromatic carbocycles. The highest BCUT2D eigenvalue weighted by Gasteiger charge is 2.45. The Hall–Kier alpha value is -0.280. The smallest absolute Gasteiger partial charge is 0.162 e. The summed E-state index contributed by atoms with van der Waals surface area (Å²) in [5.74, 6) is 6.73. The highest BCUT2D eigenvalue weighted by atomic mass is 16.6. The van der Waals surface area contributed by atoms with Crippen molar-refractivity contribution in [2.75, 3.05) is 26.4 Å². The molecule has 0 bridgehead atoms. The lowest BCUT2D eigenvalue weighted by molar-refractivity contribution is -0.208. The third-order valence-electron chi connectivity index (χ3n) is 10.5. The summed E-state index contributed by atoms with van der Waals surface area (Å²) < 4.78 is 12.0. The Balaban J connectivity index is 0.00000270. The first-order valence-electron chi connectivity index (χ1n) is 18.0. The maximum atomic E-state index is 11.6. The third kappa shape index (κ3) is 14.4. The number of ether oxygens (including phenoxy) is 2. The molecule has 2 aliphatic rings. The van der Waals surface area contributed by atoms with E-state index in [0.717, 1.165) is 45.3 Å². The van der Waals surface area contributed by atoms with Crippen LogP contribution in [-0.2, 0) is 14.3 Å². The summed E-state index contributed by atoms with van der Waals surface area (Å²) in [6.45, 7) is 25.5. The van der Waals surface area contributed by atoms with Crippen molar-refractivity contribution in [3.63, 3.8) is 0 Å². The molecule has 7 nitrogen and oxygen atoms in total. The minimum atomic E-state index is -1.10. The summed E-state index contributed by atoms with van der Waals surface area (Å²) in [7, 11) is 0. The van der Waals surface area contributed by atoms with E-state index in [1.807, 2.05) is 20.8 Å². The van der Waals surface area contributed by atoms with Crippen LogP contribution in [0, 0.1) is 53.3 Å². The van der Waals surface area contributed by atoms with Crippen molar-refractivity contribution in [3.05, 3.63) is 0 Å². The zero-order chi connectivity index (χ0) is 33.2. The van der Waals surface area contributed by atoms with Gasteiger partial charge in [0, 0.05) is 19.6 Å². The summed E-state index contributed by atoms with van der Waals surface area (Å²) >= 11 is 0. The summed E-state index contributed by atoms with van der Waals surface area (Å²) in [5.41, 5.74) is 0. The van der Waals surface area contributed by atoms with E-state index in [0.29, 0.717) is 49.2 Å². The molecule has 0 amide bonds. The predicted molar refractivity (Wildman–Crippen MR) is 179 cm³/mol. The standard InChI is InChI=1S/C32H62O5.C2H7NO.C2H6/c1-9-12-26-22(5)14-16-28(29(26)20-36-11-3)24(7)31(34)30(33)23(6)27-15-13-21(4)18-25(27)19-37-32(8,35)17-10-2;1-2-4-3;1-2/h21-31,33-35H,9-20H2,1-8H3;2-3H2,1H3;1-2H3/t21-,22-,23?,24?,25?,26?,27+,28+,29?,30?,31?,32+;;/m1../s1. The molecule has 260 valence electrons. The average Bonchev–Trinajstić information content (AvgIpc) is 3.00. The van der Waals surface area contributed by atoms with Gasteiger partial charge in [0.1, 0.15) is 0 Å². The molecule has 7 unspecified atom stereocenters. The highest BCUT2D eigenvalue weighted by Crippen LogP contribution is 2.47. The van der Waals surface area contributed by atoms with Crippen LogP contribution in [-0.4, -0.2) is 59.7 Å². The van der Waals surface area contributed by atoms with Gasteiger partial charge in [-0.05, 0) is 93.3 Å². The number of nitrogens with two attached hydrogens (primary N) is 1. The van der Waals surface area contributed by atoms with Crippen LogP contribution in [0.3, 0.4) is 0 Å². The van der Waals surface area contributed by atoms with Gasteiger partial charge in [-0.25, -0.2) is 5.90 Å². The van der Waals surface area contributed by atoms with Gasteiger partial charge in [0.15, 0.2) is 5.79 Å². The second kappa shape index (κ2) is 23.1. The van der Waals surface area contributed by atoms with Crippen molar-refractivity contribution in [1.29, 1.82) is 0 Å². The lowest BCUT2D eigenvalue weighted by atomic mass is 9.60. The molecule has 0 aliphatic heterocycles. The molecule has 0 heterocycles. The van der Waals surface area contributed by atoms with Gasteiger partial charge < -0.3 is 29.6 Å². The van der Waals surface area contributed by atoms with Gasteiger partial charge in [-0.15, -0.1) is 0 Å². The summed E-state index contributed by atoms with van der Waals surface area (Å²) in [6.07, 6.45) is 7.90. The predicted octanol–water partition coefficient (Wildman–Crippen LogP) is 7.60. The molecule has 2 fully saturated rings. The molecule has 0 radical (unpaired) electrons. The van der Waals surface area contributed by atoms with Gasteiger partial charge in [-0.3, -0.25) is 0 Å². The van der Waals surface area contributed by atoms with E-state index < -0.39 is 18.0 Å². The fraction of sp³-hybridized carbons (Fsp3) is 1.00. The van der Waals surface area contributed by atoms with Gasteiger partial charge in [-0.1, -0.05) is 87.5 Å². The van der Waals surface area contributed by atoms with Crippen LogP contribution in [0.2, 0.25) is 0 Å². The van der Waals surface area contributed by atoms with E-state index in [-0.39, 0.29) is 23.7 Å². The Bertz CT molecular complexity index is 662. The van der Waals surface area contributed by atoms with E-state index in [1.165, 1.54) is 19.3 Å². The topological polar surface area (TPSA) is 114 Å². The Morgan fingerprint density at radius 2 is 1.37 bits per heavy atom. The first-order chi connectivity index (χ1) is 20.4. The number of aliphatic hydroxyl groups is 3. The van der Waals surface area contributed by atoms with Crippen LogP contribution < -0.4 is 5.90 Å². The Kier molecular flexibility index (Phi) is 23.0. The maximum absolute atomic E-state index is 11.6. The van der Waals surface area contributed by atoms with Crippen molar-refractivity contribution in [1.82, 2.24) is 0 Å². The summed E-state index contributed by atoms with van der Waals surface area (Å²) in [6, 6.07) is 0. The van der Waals surface area contributed by atoms with Crippen LogP contribution in [0.4, 0.5) is 0 Å². The second-order valence-electron chi connectivity index (χ2n) is 13.7. The fourth-order valence-corrected chi connectivity index (χ4v) is 7.97. The van der Waals surface area contributed by atoms with Crippen LogP contribution in [0.25, 0.3) is 0 Å². The number of aliphatic hydroxyl groups excluding tert-OH is 2. The van der Waals surface area contributed by atoms with E-state index in [4.69, 9.17) is 9.47 Å². The third-order valence-corrected chi connectivity index (χ3v) is 10.5. The Labute approximate surface area is 267 Å². The minimum Gasteiger partial charge on any atom is -0.390 e. The molecule has 0 aromatic heterocycles. The van der Waals surface area contributed by atoms with Gasteiger partial charge in [0.2, 0.25) is 0 Å². The van der Waals surface area contributed by atoms with Crippen LogP contribution >= 0.6 is 0 Å². The molecular weight excluding hydrogens is 542 g/mol. The van der Waals surface area contributed by atoms with E-state index in [9.17, 15) is 15.3 Å². The lowest BCUT2D eigenvalue weighted by Crippen LogP contribution is -2.48. The molecule has 7 heteroatoms. The normalized spacial score (nSPS) is 31.7. The molecular formula is C36H75NO6. The first kappa shape index (κ1) is 42.7. The zero-order valence-electron chi connectivity index (χ0n) is 30.2. The van der Waals surface area contributed by atoms with Gasteiger partial charge in [-0.2, -0.15) is 0 Å². The molecule has 0 aromatic rings. The van der Waals surface area contributed by atoms with Crippen LogP contribution in [0.15, 0.2) is 0 Å². The van der Waals surface area contributed by atoms with Crippen molar-refractivity contribution in [2.24, 2.45) is 59.2 Å². The Morgan fingerprint density at radius 3 is 1.88 bits per heavy atom. The maximum Gasteiger partial charge on any atom is 0.162 e. The average molecular weight is 618 g/mol. The number of rotatable bonds is 16. The first-order valence-corrected chi connectivity index (χ1v) is 18.0. The molecule has 43 heavy (non-hydrogen) atoms. The van der Waals surface area contributed by atoms with Crippen LogP contribution in [0.1, 0.15) is 134 Å². The van der Waals surface area contributed by atoms with Crippen molar-refractivity contribution in [2.45, 2.75) is 152 Å². The van der Waals surface area contributed by atoms with Gasteiger partial charge in [0.05, 0.1) is 25.4 Å². The van der Waals surface area contributed by atoms with Crippen molar-refractivity contribution >= 4 is 0 Å². The largest absolute Gasteiger partial charge is 0.390 e. The number of hydrogen-bond donors (Lipinski definition) is 4. The van der Waals surface area contributed by atoms with Crippen molar-refractivity contribution in [3.8, 4) is 0 Å². The molecule has 2 saturated carbocycles. The van der Waals surface area contributed by atoms with Crippen LogP contribution in [0.5, 0.6) is 0 Å². The monoisotopic (exact) mass is 618 g/mol. The molecule has 2 aliphatic carbocycles. The molecule has 0 spiro atoms. The molecule has 0 saturated heterocycles. The lowest BCUT2D eigenvalue weighted by Gasteiger charge is -2.47. The number of hydrogen-bond acceptors (Lipinski definition) is 7. The molecule has 5 N–H and O–H groups in total. The molecule has 2 rings (SSSR count). The van der Waals surface area contributed by atoms with Gasteiger partial charge in [0.25, 0.3) is 0 Å². The summed E-state index contributed by atoms with van der Waals surface area (Å²) in [5, 5.41) is 33.7. The van der Waals surface area contributed by atoms with Crippen molar-refractivity contribution < 1.29 is 29.6 Å². The zero-order valence-corrected chi connectivity index (χ0v) is 30.2. The second-order valence-corrected chi connectivity index (χ2v) is 13.7. The summed E-state index contributed by atoms with van der Waals surface area (Å²) in [4.78, 5) is 4.04.